The molecule has 1 aliphatic heterocycles. The SMILES string of the molecule is Cl.O=S(=O)(CCCC(F)(F)F)NCc1ccc2c(c1)CNC2. The van der Waals surface area contributed by atoms with Crippen LogP contribution in [0.1, 0.15) is 29.5 Å². The summed E-state index contributed by atoms with van der Waals surface area (Å²) in [6.07, 6.45) is -5.83. The second kappa shape index (κ2) is 7.63. The second-order valence-electron chi connectivity index (χ2n) is 5.07. The molecule has 126 valence electrons. The van der Waals surface area contributed by atoms with Gasteiger partial charge in [0.25, 0.3) is 0 Å². The summed E-state index contributed by atoms with van der Waals surface area (Å²) in [5, 5.41) is 3.18. The van der Waals surface area contributed by atoms with Gasteiger partial charge in [-0.25, -0.2) is 13.1 Å². The Morgan fingerprint density at radius 2 is 1.86 bits per heavy atom. The van der Waals surface area contributed by atoms with Gasteiger partial charge in [-0.05, 0) is 23.1 Å². The lowest BCUT2D eigenvalue weighted by molar-refractivity contribution is -0.134. The number of alkyl halides is 3. The van der Waals surface area contributed by atoms with E-state index < -0.39 is 34.8 Å². The minimum absolute atomic E-state index is 0. The van der Waals surface area contributed by atoms with Crippen LogP contribution in [0.25, 0.3) is 0 Å². The summed E-state index contributed by atoms with van der Waals surface area (Å²) >= 11 is 0. The zero-order valence-electron chi connectivity index (χ0n) is 11.7. The maximum atomic E-state index is 12.0. The molecule has 0 saturated carbocycles. The fraction of sp³-hybridized carbons (Fsp3) is 0.538. The van der Waals surface area contributed by atoms with Crippen LogP contribution in [-0.4, -0.2) is 20.3 Å². The van der Waals surface area contributed by atoms with Crippen LogP contribution in [0.4, 0.5) is 13.2 Å². The summed E-state index contributed by atoms with van der Waals surface area (Å²) in [6, 6.07) is 5.67. The van der Waals surface area contributed by atoms with E-state index in [1.54, 1.807) is 0 Å². The number of nitrogens with one attached hydrogen (secondary N) is 2. The maximum Gasteiger partial charge on any atom is 0.389 e. The topological polar surface area (TPSA) is 58.2 Å². The first-order valence-electron chi connectivity index (χ1n) is 6.61. The van der Waals surface area contributed by atoms with Crippen LogP contribution in [-0.2, 0) is 29.7 Å². The summed E-state index contributed by atoms with van der Waals surface area (Å²) in [5.41, 5.74) is 3.12. The van der Waals surface area contributed by atoms with Gasteiger partial charge in [0.15, 0.2) is 0 Å². The average Bonchev–Trinajstić information content (AvgIpc) is 2.82. The zero-order chi connectivity index (χ0) is 15.5. The minimum Gasteiger partial charge on any atom is -0.309 e. The monoisotopic (exact) mass is 358 g/mol. The Kier molecular flexibility index (Phi) is 6.66. The molecule has 1 heterocycles. The molecule has 0 aliphatic carbocycles. The second-order valence-corrected chi connectivity index (χ2v) is 6.99. The third-order valence-electron chi connectivity index (χ3n) is 3.27. The van der Waals surface area contributed by atoms with Gasteiger partial charge in [-0.1, -0.05) is 18.2 Å². The Morgan fingerprint density at radius 1 is 1.18 bits per heavy atom. The maximum absolute atomic E-state index is 12.0. The van der Waals surface area contributed by atoms with Gasteiger partial charge in [-0.2, -0.15) is 13.2 Å². The van der Waals surface area contributed by atoms with E-state index in [0.29, 0.717) is 0 Å². The van der Waals surface area contributed by atoms with Crippen molar-refractivity contribution in [1.29, 1.82) is 0 Å². The quantitative estimate of drug-likeness (QED) is 0.821. The smallest absolute Gasteiger partial charge is 0.309 e. The molecule has 0 amide bonds. The van der Waals surface area contributed by atoms with Crippen LogP contribution in [0.3, 0.4) is 0 Å². The van der Waals surface area contributed by atoms with Gasteiger partial charge in [0.2, 0.25) is 10.0 Å². The van der Waals surface area contributed by atoms with Gasteiger partial charge in [0.1, 0.15) is 0 Å². The highest BCUT2D eigenvalue weighted by atomic mass is 35.5. The van der Waals surface area contributed by atoms with Crippen molar-refractivity contribution in [1.82, 2.24) is 10.0 Å². The Labute approximate surface area is 133 Å². The Morgan fingerprint density at radius 3 is 2.55 bits per heavy atom. The van der Waals surface area contributed by atoms with Crippen LogP contribution < -0.4 is 10.0 Å². The molecule has 0 atom stereocenters. The van der Waals surface area contributed by atoms with Gasteiger partial charge in [0.05, 0.1) is 5.75 Å². The van der Waals surface area contributed by atoms with Crippen molar-refractivity contribution < 1.29 is 21.6 Å². The van der Waals surface area contributed by atoms with Crippen LogP contribution in [0, 0.1) is 0 Å². The molecule has 0 fully saturated rings. The molecule has 0 aromatic heterocycles. The fourth-order valence-corrected chi connectivity index (χ4v) is 3.24. The van der Waals surface area contributed by atoms with Crippen LogP contribution in [0.15, 0.2) is 18.2 Å². The van der Waals surface area contributed by atoms with E-state index in [0.717, 1.165) is 24.2 Å². The highest BCUT2D eigenvalue weighted by molar-refractivity contribution is 7.89. The van der Waals surface area contributed by atoms with E-state index in [1.165, 1.54) is 5.56 Å². The van der Waals surface area contributed by atoms with E-state index in [2.05, 4.69) is 10.0 Å². The van der Waals surface area contributed by atoms with Crippen LogP contribution in [0.5, 0.6) is 0 Å². The van der Waals surface area contributed by atoms with Crippen LogP contribution >= 0.6 is 12.4 Å². The summed E-state index contributed by atoms with van der Waals surface area (Å²) < 4.78 is 61.6. The minimum atomic E-state index is -4.32. The first-order chi connectivity index (χ1) is 9.75. The highest BCUT2D eigenvalue weighted by Crippen LogP contribution is 2.21. The molecule has 1 aliphatic rings. The molecule has 0 spiro atoms. The third-order valence-corrected chi connectivity index (χ3v) is 4.68. The highest BCUT2D eigenvalue weighted by Gasteiger charge is 2.27. The van der Waals surface area contributed by atoms with Crippen molar-refractivity contribution in [3.05, 3.63) is 34.9 Å². The standard InChI is InChI=1S/C13H17F3N2O2S.ClH/c14-13(15,16)4-1-5-21(19,20)18-7-10-2-3-11-8-17-9-12(11)6-10;/h2-3,6,17-18H,1,4-5,7-9H2;1H. The van der Waals surface area contributed by atoms with Crippen molar-refractivity contribution in [3.8, 4) is 0 Å². The molecule has 4 nitrogen and oxygen atoms in total. The van der Waals surface area contributed by atoms with E-state index in [4.69, 9.17) is 0 Å². The van der Waals surface area contributed by atoms with Gasteiger partial charge in [0, 0.05) is 26.1 Å². The lowest BCUT2D eigenvalue weighted by Crippen LogP contribution is -2.26. The molecular weight excluding hydrogens is 341 g/mol. The normalized spacial score (nSPS) is 14.5. The first-order valence-corrected chi connectivity index (χ1v) is 8.26. The first kappa shape index (κ1) is 19.2. The molecule has 2 N–H and O–H groups in total. The fourth-order valence-electron chi connectivity index (χ4n) is 2.19. The predicted octanol–water partition coefficient (Wildman–Crippen LogP) is 2.47. The van der Waals surface area contributed by atoms with Gasteiger partial charge in [-0.3, -0.25) is 0 Å². The third kappa shape index (κ3) is 6.12. The van der Waals surface area contributed by atoms with E-state index in [9.17, 15) is 21.6 Å². The molecule has 0 unspecified atom stereocenters. The molecule has 9 heteroatoms. The number of halogens is 4. The number of fused-ring (bicyclic) bond motifs is 1. The lowest BCUT2D eigenvalue weighted by atomic mass is 10.1. The van der Waals surface area contributed by atoms with Crippen molar-refractivity contribution in [2.24, 2.45) is 0 Å². The number of rotatable bonds is 6. The molecule has 0 saturated heterocycles. The Hall–Kier alpha value is -0.830. The lowest BCUT2D eigenvalue weighted by Gasteiger charge is -2.09. The largest absolute Gasteiger partial charge is 0.389 e. The van der Waals surface area contributed by atoms with Crippen LogP contribution in [0.2, 0.25) is 0 Å². The number of benzene rings is 1. The van der Waals surface area contributed by atoms with Crippen molar-refractivity contribution in [2.75, 3.05) is 5.75 Å². The average molecular weight is 359 g/mol. The molecule has 1 aromatic carbocycles. The van der Waals surface area contributed by atoms with E-state index >= 15 is 0 Å². The van der Waals surface area contributed by atoms with E-state index in [1.807, 2.05) is 18.2 Å². The van der Waals surface area contributed by atoms with Gasteiger partial charge < -0.3 is 5.32 Å². The summed E-state index contributed by atoms with van der Waals surface area (Å²) in [4.78, 5) is 0. The van der Waals surface area contributed by atoms with Crippen molar-refractivity contribution >= 4 is 22.4 Å². The zero-order valence-corrected chi connectivity index (χ0v) is 13.4. The predicted molar refractivity (Wildman–Crippen MR) is 80.1 cm³/mol. The number of hydrogen-bond acceptors (Lipinski definition) is 3. The molecular formula is C13H18ClF3N2O2S. The van der Waals surface area contributed by atoms with Crippen molar-refractivity contribution in [2.45, 2.75) is 38.7 Å². The molecule has 2 rings (SSSR count). The molecule has 1 aromatic rings. The summed E-state index contributed by atoms with van der Waals surface area (Å²) in [6.45, 7) is 1.65. The summed E-state index contributed by atoms with van der Waals surface area (Å²) in [5.74, 6) is -0.515. The number of hydrogen-bond donors (Lipinski definition) is 2. The Bertz CT molecular complexity index is 606. The van der Waals surface area contributed by atoms with E-state index in [-0.39, 0.29) is 19.0 Å². The molecule has 0 radical (unpaired) electrons. The molecule has 22 heavy (non-hydrogen) atoms. The molecule has 0 bridgehead atoms. The van der Waals surface area contributed by atoms with Gasteiger partial charge >= 0.3 is 6.18 Å². The summed E-state index contributed by atoms with van der Waals surface area (Å²) in [7, 11) is -3.68. The number of sulfonamides is 1. The Balaban J connectivity index is 0.00000242. The van der Waals surface area contributed by atoms with Crippen molar-refractivity contribution in [3.63, 3.8) is 0 Å². The van der Waals surface area contributed by atoms with Gasteiger partial charge in [-0.15, -0.1) is 12.4 Å².